The molecule has 3 nitrogen and oxygen atoms in total. The third kappa shape index (κ3) is 2.83. The van der Waals surface area contributed by atoms with Crippen LogP contribution in [-0.2, 0) is 0 Å². The van der Waals surface area contributed by atoms with Crippen LogP contribution in [0.15, 0.2) is 59.0 Å². The van der Waals surface area contributed by atoms with Crippen LogP contribution in [-0.4, -0.2) is 10.2 Å². The van der Waals surface area contributed by atoms with E-state index >= 15 is 0 Å². The van der Waals surface area contributed by atoms with Crippen LogP contribution in [0.3, 0.4) is 0 Å². The fraction of sp³-hybridized carbons (Fsp3) is 0.0588. The van der Waals surface area contributed by atoms with E-state index in [0.29, 0.717) is 11.8 Å². The van der Waals surface area contributed by atoms with Gasteiger partial charge < -0.3 is 4.42 Å². The molecule has 0 amide bonds. The maximum absolute atomic E-state index is 5.62. The fourth-order valence-corrected chi connectivity index (χ4v) is 1.85. The molecule has 0 saturated carbocycles. The molecule has 0 aliphatic heterocycles. The molecule has 1 aromatic heterocycles. The monoisotopic (exact) mass is 262 g/mol. The highest BCUT2D eigenvalue weighted by Crippen LogP contribution is 2.19. The van der Waals surface area contributed by atoms with Gasteiger partial charge in [-0.05, 0) is 30.7 Å². The molecule has 0 aliphatic rings. The fourth-order valence-electron chi connectivity index (χ4n) is 1.85. The molecule has 3 heteroatoms. The molecule has 0 unspecified atom stereocenters. The molecule has 0 atom stereocenters. The van der Waals surface area contributed by atoms with Gasteiger partial charge in [0.15, 0.2) is 0 Å². The SMILES string of the molecule is Cc1ccc(-c2nnc(/C=C/c3ccccc3)o2)cc1. The minimum Gasteiger partial charge on any atom is -0.417 e. The first-order chi connectivity index (χ1) is 9.81. The van der Waals surface area contributed by atoms with E-state index in [4.69, 9.17) is 4.42 Å². The second-order valence-corrected chi connectivity index (χ2v) is 4.56. The Morgan fingerprint density at radius 3 is 2.35 bits per heavy atom. The smallest absolute Gasteiger partial charge is 0.248 e. The molecule has 0 N–H and O–H groups in total. The maximum Gasteiger partial charge on any atom is 0.248 e. The first-order valence-corrected chi connectivity index (χ1v) is 6.45. The molecule has 3 rings (SSSR count). The van der Waals surface area contributed by atoms with Crippen LogP contribution in [0.2, 0.25) is 0 Å². The van der Waals surface area contributed by atoms with Gasteiger partial charge in [-0.2, -0.15) is 0 Å². The quantitative estimate of drug-likeness (QED) is 0.709. The van der Waals surface area contributed by atoms with Gasteiger partial charge in [0.25, 0.3) is 0 Å². The van der Waals surface area contributed by atoms with E-state index in [1.54, 1.807) is 0 Å². The van der Waals surface area contributed by atoms with Gasteiger partial charge in [-0.3, -0.25) is 0 Å². The summed E-state index contributed by atoms with van der Waals surface area (Å²) in [5.74, 6) is 1.04. The van der Waals surface area contributed by atoms with E-state index in [2.05, 4.69) is 10.2 Å². The second-order valence-electron chi connectivity index (χ2n) is 4.56. The zero-order chi connectivity index (χ0) is 13.8. The van der Waals surface area contributed by atoms with Gasteiger partial charge >= 0.3 is 0 Å². The molecular weight excluding hydrogens is 248 g/mol. The molecule has 0 saturated heterocycles. The van der Waals surface area contributed by atoms with Crippen molar-refractivity contribution in [3.8, 4) is 11.5 Å². The van der Waals surface area contributed by atoms with Crippen LogP contribution in [0.4, 0.5) is 0 Å². The van der Waals surface area contributed by atoms with E-state index in [1.165, 1.54) is 5.56 Å². The van der Waals surface area contributed by atoms with Gasteiger partial charge in [0.2, 0.25) is 11.8 Å². The zero-order valence-electron chi connectivity index (χ0n) is 11.2. The number of hydrogen-bond acceptors (Lipinski definition) is 3. The number of benzene rings is 2. The molecular formula is C17H14N2O. The van der Waals surface area contributed by atoms with Crippen LogP contribution in [0.1, 0.15) is 17.0 Å². The topological polar surface area (TPSA) is 38.9 Å². The molecule has 0 radical (unpaired) electrons. The minimum atomic E-state index is 0.504. The van der Waals surface area contributed by atoms with Gasteiger partial charge in [0.1, 0.15) is 0 Å². The van der Waals surface area contributed by atoms with E-state index in [-0.39, 0.29) is 0 Å². The van der Waals surface area contributed by atoms with Crippen molar-refractivity contribution in [2.75, 3.05) is 0 Å². The average molecular weight is 262 g/mol. The van der Waals surface area contributed by atoms with Gasteiger partial charge in [-0.25, -0.2) is 0 Å². The molecule has 0 aliphatic carbocycles. The van der Waals surface area contributed by atoms with Crippen molar-refractivity contribution in [1.82, 2.24) is 10.2 Å². The number of aromatic nitrogens is 2. The summed E-state index contributed by atoms with van der Waals surface area (Å²) in [6, 6.07) is 18.0. The van der Waals surface area contributed by atoms with Crippen molar-refractivity contribution < 1.29 is 4.42 Å². The molecule has 3 aromatic rings. The predicted octanol–water partition coefficient (Wildman–Crippen LogP) is 4.22. The van der Waals surface area contributed by atoms with Crippen molar-refractivity contribution in [2.45, 2.75) is 6.92 Å². The summed E-state index contributed by atoms with van der Waals surface area (Å²) in [5.41, 5.74) is 3.24. The molecule has 0 bridgehead atoms. The van der Waals surface area contributed by atoms with E-state index in [9.17, 15) is 0 Å². The maximum atomic E-state index is 5.62. The summed E-state index contributed by atoms with van der Waals surface area (Å²) in [5, 5.41) is 8.09. The lowest BCUT2D eigenvalue weighted by Gasteiger charge is -1.94. The normalized spacial score (nSPS) is 11.1. The summed E-state index contributed by atoms with van der Waals surface area (Å²) < 4.78 is 5.62. The molecule has 2 aromatic carbocycles. The van der Waals surface area contributed by atoms with Gasteiger partial charge in [-0.1, -0.05) is 48.0 Å². The van der Waals surface area contributed by atoms with Crippen LogP contribution in [0, 0.1) is 6.92 Å². The van der Waals surface area contributed by atoms with E-state index < -0.39 is 0 Å². The standard InChI is InChI=1S/C17H14N2O/c1-13-7-10-15(11-8-13)17-19-18-16(20-17)12-9-14-5-3-2-4-6-14/h2-12H,1H3/b12-9+. The van der Waals surface area contributed by atoms with Crippen molar-refractivity contribution in [2.24, 2.45) is 0 Å². The summed E-state index contributed by atoms with van der Waals surface area (Å²) >= 11 is 0. The highest BCUT2D eigenvalue weighted by atomic mass is 16.4. The second kappa shape index (κ2) is 5.53. The Kier molecular flexibility index (Phi) is 3.42. The molecule has 0 fully saturated rings. The number of aryl methyl sites for hydroxylation is 1. The van der Waals surface area contributed by atoms with Crippen LogP contribution >= 0.6 is 0 Å². The lowest BCUT2D eigenvalue weighted by atomic mass is 10.1. The van der Waals surface area contributed by atoms with Crippen LogP contribution in [0.25, 0.3) is 23.6 Å². The van der Waals surface area contributed by atoms with Crippen molar-refractivity contribution in [1.29, 1.82) is 0 Å². The Balaban J connectivity index is 1.80. The summed E-state index contributed by atoms with van der Waals surface area (Å²) in [7, 11) is 0. The lowest BCUT2D eigenvalue weighted by Crippen LogP contribution is -1.77. The van der Waals surface area contributed by atoms with E-state index in [0.717, 1.165) is 11.1 Å². The first-order valence-electron chi connectivity index (χ1n) is 6.45. The van der Waals surface area contributed by atoms with Gasteiger partial charge in [0.05, 0.1) is 0 Å². The van der Waals surface area contributed by atoms with Crippen molar-refractivity contribution >= 4 is 12.2 Å². The average Bonchev–Trinajstić information content (AvgIpc) is 2.96. The number of hydrogen-bond donors (Lipinski definition) is 0. The Morgan fingerprint density at radius 1 is 0.850 bits per heavy atom. The lowest BCUT2D eigenvalue weighted by molar-refractivity contribution is 0.558. The highest BCUT2D eigenvalue weighted by molar-refractivity contribution is 5.66. The number of rotatable bonds is 3. The Labute approximate surface area is 117 Å². The third-order valence-corrected chi connectivity index (χ3v) is 2.96. The minimum absolute atomic E-state index is 0.504. The Bertz CT molecular complexity index is 712. The van der Waals surface area contributed by atoms with Crippen molar-refractivity contribution in [3.63, 3.8) is 0 Å². The zero-order valence-corrected chi connectivity index (χ0v) is 11.2. The summed E-state index contributed by atoms with van der Waals surface area (Å²) in [6.07, 6.45) is 3.77. The Hall–Kier alpha value is -2.68. The summed E-state index contributed by atoms with van der Waals surface area (Å²) in [6.45, 7) is 2.05. The van der Waals surface area contributed by atoms with Crippen molar-refractivity contribution in [3.05, 3.63) is 71.6 Å². The molecule has 0 spiro atoms. The summed E-state index contributed by atoms with van der Waals surface area (Å²) in [4.78, 5) is 0. The van der Waals surface area contributed by atoms with Crippen LogP contribution < -0.4 is 0 Å². The molecule has 98 valence electrons. The molecule has 20 heavy (non-hydrogen) atoms. The highest BCUT2D eigenvalue weighted by Gasteiger charge is 2.05. The third-order valence-electron chi connectivity index (χ3n) is 2.96. The van der Waals surface area contributed by atoms with Gasteiger partial charge in [-0.15, -0.1) is 10.2 Å². The molecule has 1 heterocycles. The number of nitrogens with zero attached hydrogens (tertiary/aromatic N) is 2. The Morgan fingerprint density at radius 2 is 1.60 bits per heavy atom. The van der Waals surface area contributed by atoms with E-state index in [1.807, 2.05) is 73.7 Å². The van der Waals surface area contributed by atoms with Crippen LogP contribution in [0.5, 0.6) is 0 Å². The predicted molar refractivity (Wildman–Crippen MR) is 79.8 cm³/mol. The first kappa shape index (κ1) is 12.4. The largest absolute Gasteiger partial charge is 0.417 e. The van der Waals surface area contributed by atoms with Gasteiger partial charge in [0, 0.05) is 11.6 Å².